The topological polar surface area (TPSA) is 43.3 Å². The van der Waals surface area contributed by atoms with Gasteiger partial charge >= 0.3 is 5.84 Å². The van der Waals surface area contributed by atoms with E-state index in [0.717, 1.165) is 0 Å². The number of hydrogen-bond donors (Lipinski definition) is 0. The molecule has 10 heavy (non-hydrogen) atoms. The lowest BCUT2D eigenvalue weighted by atomic mass is 10.6. The van der Waals surface area contributed by atoms with Crippen LogP contribution in [0.5, 0.6) is 0 Å². The van der Waals surface area contributed by atoms with Gasteiger partial charge in [0.1, 0.15) is 6.26 Å². The van der Waals surface area contributed by atoms with Crippen LogP contribution in [0.3, 0.4) is 0 Å². The van der Waals surface area contributed by atoms with Gasteiger partial charge in [0.25, 0.3) is 0 Å². The highest BCUT2D eigenvalue weighted by atomic mass is 16.3. The van der Waals surface area contributed by atoms with E-state index in [0.29, 0.717) is 11.7 Å². The Labute approximate surface area is 56.8 Å². The van der Waals surface area contributed by atoms with Crippen molar-refractivity contribution in [2.75, 3.05) is 0 Å². The fraction of sp³-hybridized carbons (Fsp3) is 0. The molecule has 0 N–H and O–H groups in total. The zero-order valence-corrected chi connectivity index (χ0v) is 5.19. The van der Waals surface area contributed by atoms with Crippen molar-refractivity contribution in [3.63, 3.8) is 0 Å². The second kappa shape index (κ2) is 1.70. The van der Waals surface area contributed by atoms with Crippen molar-refractivity contribution >= 4 is 11.9 Å². The lowest BCUT2D eigenvalue weighted by Crippen LogP contribution is -1.80. The summed E-state index contributed by atoms with van der Waals surface area (Å²) in [7, 11) is 0. The average Bonchev–Trinajstić information content (AvgIpc) is 2.44. The molecule has 2 heterocycles. The third-order valence-corrected chi connectivity index (χ3v) is 1.26. The minimum atomic E-state index is 0.495. The summed E-state index contributed by atoms with van der Waals surface area (Å²) in [5.41, 5.74) is 0. The minimum Gasteiger partial charge on any atom is -0.431 e. The number of rotatable bonds is 1. The highest BCUT2D eigenvalue weighted by molar-refractivity contribution is 5.40. The number of aromatic nitrogens is 3. The molecule has 0 atom stereocenters. The van der Waals surface area contributed by atoms with Crippen molar-refractivity contribution in [2.24, 2.45) is 0 Å². The van der Waals surface area contributed by atoms with Crippen LogP contribution >= 0.6 is 0 Å². The summed E-state index contributed by atoms with van der Waals surface area (Å²) < 4.78 is 6.66. The molecule has 4 nitrogen and oxygen atoms in total. The van der Waals surface area contributed by atoms with Crippen LogP contribution in [0.15, 0.2) is 23.5 Å². The van der Waals surface area contributed by atoms with Crippen LogP contribution in [0.4, 0.5) is 0 Å². The summed E-state index contributed by atoms with van der Waals surface area (Å²) in [5, 5.41) is 7.50. The molecular formula is C6H5N3O. The van der Waals surface area contributed by atoms with Gasteiger partial charge in [-0.15, -0.1) is 5.10 Å². The van der Waals surface area contributed by atoms with E-state index in [1.807, 2.05) is 0 Å². The fourth-order valence-electron chi connectivity index (χ4n) is 0.800. The van der Waals surface area contributed by atoms with Crippen molar-refractivity contribution in [1.82, 2.24) is 14.6 Å². The van der Waals surface area contributed by atoms with Crippen molar-refractivity contribution < 1.29 is 4.42 Å². The number of fused-ring (bicyclic) bond motifs is 1. The Morgan fingerprint density at radius 3 is 3.30 bits per heavy atom. The molecule has 0 fully saturated rings. The lowest BCUT2D eigenvalue weighted by molar-refractivity contribution is 0.592. The Kier molecular flexibility index (Phi) is 0.887. The highest BCUT2D eigenvalue weighted by Crippen LogP contribution is 2.03. The zero-order valence-electron chi connectivity index (χ0n) is 5.19. The smallest absolute Gasteiger partial charge is 0.326 e. The molecule has 0 amide bonds. The molecule has 2 rings (SSSR count). The van der Waals surface area contributed by atoms with Crippen LogP contribution in [0.25, 0.3) is 11.9 Å². The largest absolute Gasteiger partial charge is 0.431 e. The highest BCUT2D eigenvalue weighted by Gasteiger charge is 2.01. The monoisotopic (exact) mass is 135 g/mol. The van der Waals surface area contributed by atoms with Crippen LogP contribution in [0, 0.1) is 0 Å². The summed E-state index contributed by atoms with van der Waals surface area (Å²) in [4.78, 5) is 0. The van der Waals surface area contributed by atoms with Gasteiger partial charge in [-0.2, -0.15) is 0 Å². The molecule has 50 valence electrons. The minimum absolute atomic E-state index is 0.495. The van der Waals surface area contributed by atoms with E-state index in [-0.39, 0.29) is 0 Å². The summed E-state index contributed by atoms with van der Waals surface area (Å²) in [5.74, 6) is 1.19. The van der Waals surface area contributed by atoms with E-state index in [4.69, 9.17) is 4.42 Å². The maximum absolute atomic E-state index is 4.94. The van der Waals surface area contributed by atoms with E-state index in [9.17, 15) is 0 Å². The first kappa shape index (κ1) is 5.22. The van der Waals surface area contributed by atoms with Gasteiger partial charge in [0.05, 0.1) is 6.20 Å². The fourth-order valence-corrected chi connectivity index (χ4v) is 0.800. The third kappa shape index (κ3) is 0.500. The van der Waals surface area contributed by atoms with Crippen molar-refractivity contribution in [3.05, 3.63) is 24.9 Å². The molecule has 0 bridgehead atoms. The van der Waals surface area contributed by atoms with E-state index in [1.165, 1.54) is 0 Å². The molecule has 0 radical (unpaired) electrons. The zero-order chi connectivity index (χ0) is 6.97. The van der Waals surface area contributed by atoms with Crippen LogP contribution in [0.2, 0.25) is 0 Å². The molecule has 0 aromatic carbocycles. The van der Waals surface area contributed by atoms with Crippen LogP contribution in [0.1, 0.15) is 5.82 Å². The van der Waals surface area contributed by atoms with E-state index < -0.39 is 0 Å². The van der Waals surface area contributed by atoms with Gasteiger partial charge in [-0.05, 0) is 6.08 Å². The lowest BCUT2D eigenvalue weighted by Gasteiger charge is -1.79. The van der Waals surface area contributed by atoms with Gasteiger partial charge in [0.15, 0.2) is 5.82 Å². The predicted molar refractivity (Wildman–Crippen MR) is 35.3 cm³/mol. The predicted octanol–water partition coefficient (Wildman–Crippen LogP) is 0.965. The van der Waals surface area contributed by atoms with Gasteiger partial charge in [0, 0.05) is 0 Å². The van der Waals surface area contributed by atoms with Crippen molar-refractivity contribution in [2.45, 2.75) is 0 Å². The molecule has 0 unspecified atom stereocenters. The Morgan fingerprint density at radius 1 is 1.60 bits per heavy atom. The number of nitrogens with zero attached hydrogens (tertiary/aromatic N) is 3. The Morgan fingerprint density at radius 2 is 2.50 bits per heavy atom. The van der Waals surface area contributed by atoms with Crippen molar-refractivity contribution in [3.8, 4) is 0 Å². The van der Waals surface area contributed by atoms with Gasteiger partial charge < -0.3 is 4.42 Å². The molecule has 0 aliphatic carbocycles. The molecule has 0 aliphatic heterocycles. The maximum Gasteiger partial charge on any atom is 0.326 e. The Balaban J connectivity index is 2.88. The summed E-state index contributed by atoms with van der Waals surface area (Å²) >= 11 is 0. The molecule has 0 saturated heterocycles. The molecule has 4 heteroatoms. The second-order valence-corrected chi connectivity index (χ2v) is 1.82. The summed E-state index contributed by atoms with van der Waals surface area (Å²) in [6, 6.07) is 0. The molecule has 0 spiro atoms. The average molecular weight is 135 g/mol. The first-order chi connectivity index (χ1) is 4.92. The Hall–Kier alpha value is -1.58. The van der Waals surface area contributed by atoms with E-state index in [2.05, 4.69) is 16.8 Å². The van der Waals surface area contributed by atoms with Gasteiger partial charge in [0.2, 0.25) is 0 Å². The van der Waals surface area contributed by atoms with Gasteiger partial charge in [-0.1, -0.05) is 11.7 Å². The van der Waals surface area contributed by atoms with Crippen LogP contribution in [-0.4, -0.2) is 14.6 Å². The van der Waals surface area contributed by atoms with Gasteiger partial charge in [-0.3, -0.25) is 0 Å². The molecule has 0 aliphatic rings. The summed E-state index contributed by atoms with van der Waals surface area (Å²) in [6.45, 7) is 3.57. The third-order valence-electron chi connectivity index (χ3n) is 1.26. The number of oxazole rings is 1. The summed E-state index contributed by atoms with van der Waals surface area (Å²) in [6.07, 6.45) is 4.92. The second-order valence-electron chi connectivity index (χ2n) is 1.82. The SMILES string of the molecule is C=Cc1nnc2occn12. The standard InChI is InChI=1S/C6H5N3O/c1-2-5-7-8-6-9(5)3-4-10-6/h2-4H,1H2. The van der Waals surface area contributed by atoms with Crippen molar-refractivity contribution in [1.29, 1.82) is 0 Å². The van der Waals surface area contributed by atoms with E-state index in [1.54, 1.807) is 22.9 Å². The van der Waals surface area contributed by atoms with Crippen LogP contribution in [-0.2, 0) is 0 Å². The molecule has 2 aromatic rings. The first-order valence-electron chi connectivity index (χ1n) is 2.82. The van der Waals surface area contributed by atoms with Gasteiger partial charge in [-0.25, -0.2) is 4.40 Å². The van der Waals surface area contributed by atoms with E-state index >= 15 is 0 Å². The Bertz CT molecular complexity index is 360. The number of hydrogen-bond acceptors (Lipinski definition) is 3. The molecule has 2 aromatic heterocycles. The maximum atomic E-state index is 4.94. The van der Waals surface area contributed by atoms with Crippen LogP contribution < -0.4 is 0 Å². The first-order valence-corrected chi connectivity index (χ1v) is 2.82. The molecular weight excluding hydrogens is 130 g/mol. The normalized spacial score (nSPS) is 10.4. The quantitative estimate of drug-likeness (QED) is 0.585. The molecule has 0 saturated carbocycles.